The van der Waals surface area contributed by atoms with Crippen LogP contribution in [0.1, 0.15) is 36.0 Å². The van der Waals surface area contributed by atoms with Gasteiger partial charge < -0.3 is 36.0 Å². The van der Waals surface area contributed by atoms with Crippen molar-refractivity contribution in [3.63, 3.8) is 0 Å². The van der Waals surface area contributed by atoms with Gasteiger partial charge in [0.15, 0.2) is 11.4 Å². The molecule has 1 saturated carbocycles. The predicted molar refractivity (Wildman–Crippen MR) is 151 cm³/mol. The molecule has 2 fully saturated rings. The van der Waals surface area contributed by atoms with Gasteiger partial charge in [-0.15, -0.1) is 0 Å². The van der Waals surface area contributed by atoms with Gasteiger partial charge in [-0.1, -0.05) is 11.6 Å². The van der Waals surface area contributed by atoms with E-state index in [1.807, 2.05) is 7.05 Å². The van der Waals surface area contributed by atoms with Gasteiger partial charge in [-0.2, -0.15) is 0 Å². The molecule has 5 rings (SSSR count). The average Bonchev–Trinajstić information content (AvgIpc) is 3.41. The lowest BCUT2D eigenvalue weighted by Crippen LogP contribution is -2.65. The molecule has 0 radical (unpaired) electrons. The van der Waals surface area contributed by atoms with Gasteiger partial charge in [0.2, 0.25) is 5.78 Å². The number of Topliss-reactive ketones (excluding diaryl/α,β-unsaturated/α-hetero) is 2. The molecule has 1 amide bonds. The Kier molecular flexibility index (Phi) is 7.71. The van der Waals surface area contributed by atoms with E-state index in [9.17, 15) is 34.8 Å². The van der Waals surface area contributed by atoms with Crippen molar-refractivity contribution in [1.82, 2.24) is 14.7 Å². The van der Waals surface area contributed by atoms with E-state index in [2.05, 4.69) is 9.80 Å². The third kappa shape index (κ3) is 4.64. The highest BCUT2D eigenvalue weighted by atomic mass is 35.5. The number of phenols is 1. The Morgan fingerprint density at radius 1 is 1.17 bits per heavy atom. The lowest BCUT2D eigenvalue weighted by Gasteiger charge is -2.50. The number of likely N-dealkylation sites (N-methyl/N-ethyl adjacent to an activating group) is 2. The van der Waals surface area contributed by atoms with Crippen LogP contribution in [-0.2, 0) is 27.3 Å². The molecule has 12 heteroatoms. The molecule has 4 aliphatic rings. The first kappa shape index (κ1) is 29.5. The molecule has 1 heterocycles. The van der Waals surface area contributed by atoms with Gasteiger partial charge in [0.1, 0.15) is 22.8 Å². The maximum Gasteiger partial charge on any atom is 0.255 e. The summed E-state index contributed by atoms with van der Waals surface area (Å²) in [4.78, 5) is 45.2. The minimum atomic E-state index is -2.66. The normalized spacial score (nSPS) is 28.4. The number of carbonyl (C=O) groups is 3. The molecule has 0 spiro atoms. The smallest absolute Gasteiger partial charge is 0.255 e. The average molecular weight is 589 g/mol. The van der Waals surface area contributed by atoms with Crippen LogP contribution in [0, 0.1) is 11.8 Å². The van der Waals surface area contributed by atoms with Gasteiger partial charge in [0.05, 0.1) is 11.6 Å². The number of aliphatic hydroxyl groups excluding tert-OH is 2. The van der Waals surface area contributed by atoms with Crippen molar-refractivity contribution in [1.29, 1.82) is 0 Å². The van der Waals surface area contributed by atoms with Crippen LogP contribution in [0.15, 0.2) is 23.0 Å². The molecule has 3 aliphatic carbocycles. The van der Waals surface area contributed by atoms with Gasteiger partial charge in [-0.3, -0.25) is 19.3 Å². The molecule has 0 bridgehead atoms. The van der Waals surface area contributed by atoms with Crippen molar-refractivity contribution < 1.29 is 34.8 Å². The summed E-state index contributed by atoms with van der Waals surface area (Å²) in [6, 6.07) is 0.339. The van der Waals surface area contributed by atoms with Gasteiger partial charge in [0, 0.05) is 36.1 Å². The van der Waals surface area contributed by atoms with Crippen molar-refractivity contribution in [2.24, 2.45) is 17.6 Å². The van der Waals surface area contributed by atoms with E-state index in [1.165, 1.54) is 23.8 Å². The van der Waals surface area contributed by atoms with Gasteiger partial charge in [0.25, 0.3) is 5.91 Å². The second kappa shape index (κ2) is 10.7. The maximum absolute atomic E-state index is 13.9. The predicted octanol–water partition coefficient (Wildman–Crippen LogP) is 1.15. The number of likely N-dealkylation sites (tertiary alicyclic amines) is 1. The van der Waals surface area contributed by atoms with Crippen LogP contribution < -0.4 is 5.73 Å². The van der Waals surface area contributed by atoms with E-state index in [0.717, 1.165) is 26.2 Å². The molecule has 1 aromatic rings. The van der Waals surface area contributed by atoms with Crippen molar-refractivity contribution in [3.8, 4) is 5.75 Å². The fraction of sp³-hybridized carbons (Fsp3) is 0.552. The summed E-state index contributed by atoms with van der Waals surface area (Å²) in [6.45, 7) is 4.39. The standard InChI is InChI=1S/C29H37ClN4O7/c1-32(2)23-17-11-14-10-16-20(18(35)12-15(22(16)30)13-33(3)8-9-34-6-4-5-7-34)24(36)19(14)26(38)29(17,41)27(39)21(25(23)37)28(31)40/h12,14,17,23,35-36,39,41H,4-11,13H2,1-3H3,(H2,31,40)/t14-,17-,23-,29-/m0/s1. The van der Waals surface area contributed by atoms with Gasteiger partial charge >= 0.3 is 0 Å². The van der Waals surface area contributed by atoms with E-state index < -0.39 is 58.0 Å². The highest BCUT2D eigenvalue weighted by Crippen LogP contribution is 2.53. The van der Waals surface area contributed by atoms with Crippen LogP contribution in [-0.4, -0.2) is 112 Å². The topological polar surface area (TPSA) is 168 Å². The second-order valence-electron chi connectivity index (χ2n) is 12.0. The highest BCUT2D eigenvalue weighted by Gasteiger charge is 2.64. The maximum atomic E-state index is 13.9. The minimum Gasteiger partial charge on any atom is -0.508 e. The SMILES string of the molecule is CN(CCN1CCCC1)Cc1cc(O)c2c(c1Cl)C[C@H]1C[C@H]3[C@H](N(C)C)C(=O)C(C(N)=O)=C(O)[C@@]3(O)C(=O)C1=C2O. The number of rotatable bonds is 7. The number of aromatic hydroxyl groups is 1. The van der Waals surface area contributed by atoms with Crippen LogP contribution in [0.25, 0.3) is 5.76 Å². The molecule has 1 saturated heterocycles. The fourth-order valence-corrected chi connectivity index (χ4v) is 7.44. The largest absolute Gasteiger partial charge is 0.508 e. The first-order valence-corrected chi connectivity index (χ1v) is 14.3. The summed E-state index contributed by atoms with van der Waals surface area (Å²) < 4.78 is 0. The van der Waals surface area contributed by atoms with Crippen LogP contribution in [0.3, 0.4) is 0 Å². The van der Waals surface area contributed by atoms with Crippen LogP contribution in [0.2, 0.25) is 5.02 Å². The highest BCUT2D eigenvalue weighted by molar-refractivity contribution is 6.32. The number of nitrogens with zero attached hydrogens (tertiary/aromatic N) is 3. The molecule has 11 nitrogen and oxygen atoms in total. The van der Waals surface area contributed by atoms with Crippen molar-refractivity contribution in [3.05, 3.63) is 44.7 Å². The monoisotopic (exact) mass is 588 g/mol. The lowest BCUT2D eigenvalue weighted by molar-refractivity contribution is -0.153. The summed E-state index contributed by atoms with van der Waals surface area (Å²) in [5, 5.41) is 45.4. The third-order valence-corrected chi connectivity index (χ3v) is 9.64. The Morgan fingerprint density at radius 3 is 2.44 bits per heavy atom. The first-order chi connectivity index (χ1) is 19.3. The summed E-state index contributed by atoms with van der Waals surface area (Å²) in [7, 11) is 5.10. The first-order valence-electron chi connectivity index (χ1n) is 13.9. The van der Waals surface area contributed by atoms with E-state index >= 15 is 0 Å². The molecular weight excluding hydrogens is 552 g/mol. The summed E-state index contributed by atoms with van der Waals surface area (Å²) in [5.41, 5.74) is 2.81. The van der Waals surface area contributed by atoms with E-state index in [1.54, 1.807) is 14.1 Å². The Labute approximate surface area is 243 Å². The number of carbonyl (C=O) groups excluding carboxylic acids is 3. The van der Waals surface area contributed by atoms with Crippen LogP contribution in [0.4, 0.5) is 0 Å². The molecule has 41 heavy (non-hydrogen) atoms. The Balaban J connectivity index is 1.53. The molecular formula is C29H37ClN4O7. The Hall–Kier alpha value is -2.96. The lowest BCUT2D eigenvalue weighted by atomic mass is 9.57. The van der Waals surface area contributed by atoms with Crippen molar-refractivity contribution >= 4 is 34.8 Å². The molecule has 1 aromatic carbocycles. The minimum absolute atomic E-state index is 0.00485. The summed E-state index contributed by atoms with van der Waals surface area (Å²) in [6.07, 6.45) is 2.59. The van der Waals surface area contributed by atoms with E-state index in [-0.39, 0.29) is 29.7 Å². The number of phenolic OH excluding ortho intramolecular Hbond substituents is 1. The van der Waals surface area contributed by atoms with Gasteiger partial charge in [-0.25, -0.2) is 0 Å². The Morgan fingerprint density at radius 2 is 1.83 bits per heavy atom. The zero-order valence-corrected chi connectivity index (χ0v) is 24.2. The number of benzene rings is 1. The van der Waals surface area contributed by atoms with Gasteiger partial charge in [-0.05, 0) is 83.0 Å². The molecule has 0 unspecified atom stereocenters. The number of ketones is 2. The molecule has 4 atom stereocenters. The number of nitrogens with two attached hydrogens (primary N) is 1. The van der Waals surface area contributed by atoms with Crippen molar-refractivity contribution in [2.45, 2.75) is 43.9 Å². The number of aliphatic hydroxyl groups is 3. The zero-order valence-electron chi connectivity index (χ0n) is 23.5. The van der Waals surface area contributed by atoms with E-state index in [4.69, 9.17) is 17.3 Å². The zero-order chi connectivity index (χ0) is 30.0. The fourth-order valence-electron chi connectivity index (χ4n) is 7.15. The van der Waals surface area contributed by atoms with E-state index in [0.29, 0.717) is 22.7 Å². The second-order valence-corrected chi connectivity index (χ2v) is 12.3. The molecule has 0 aromatic heterocycles. The molecule has 6 N–H and O–H groups in total. The molecule has 222 valence electrons. The van der Waals surface area contributed by atoms with Crippen LogP contribution in [0.5, 0.6) is 5.75 Å². The number of hydrogen-bond donors (Lipinski definition) is 5. The molecule has 1 aliphatic heterocycles. The van der Waals surface area contributed by atoms with Crippen LogP contribution >= 0.6 is 11.6 Å². The Bertz CT molecular complexity index is 1380. The number of hydrogen-bond acceptors (Lipinski definition) is 10. The summed E-state index contributed by atoms with van der Waals surface area (Å²) >= 11 is 6.87. The quantitative estimate of drug-likeness (QED) is 0.291. The summed E-state index contributed by atoms with van der Waals surface area (Å²) in [5.74, 6) is -6.81. The number of primary amides is 1. The number of fused-ring (bicyclic) bond motifs is 3. The van der Waals surface area contributed by atoms with Crippen molar-refractivity contribution in [2.75, 3.05) is 47.3 Å². The third-order valence-electron chi connectivity index (χ3n) is 9.17. The number of halogens is 1. The number of amides is 1.